The molecule has 27 heavy (non-hydrogen) atoms. The Balaban J connectivity index is 2.07. The molecular weight excluding hydrogens is 359 g/mol. The van der Waals surface area contributed by atoms with Gasteiger partial charge in [-0.05, 0) is 40.0 Å². The van der Waals surface area contributed by atoms with Gasteiger partial charge in [0.15, 0.2) is 0 Å². The second-order valence-corrected chi connectivity index (χ2v) is 11.6. The molecule has 0 fully saturated rings. The topological polar surface area (TPSA) is 74.6 Å². The number of carboxylic acid groups (broad SMARTS) is 1. The van der Waals surface area contributed by atoms with Crippen LogP contribution in [0.5, 0.6) is 0 Å². The Labute approximate surface area is 162 Å². The van der Waals surface area contributed by atoms with Crippen molar-refractivity contribution in [3.05, 3.63) is 48.0 Å². The van der Waals surface area contributed by atoms with E-state index in [1.165, 1.54) is 16.3 Å². The summed E-state index contributed by atoms with van der Waals surface area (Å²) in [6.45, 7) is 8.66. The Morgan fingerprint density at radius 3 is 2.26 bits per heavy atom. The van der Waals surface area contributed by atoms with Gasteiger partial charge in [-0.2, -0.15) is 0 Å². The van der Waals surface area contributed by atoms with Crippen molar-refractivity contribution in [2.24, 2.45) is 5.41 Å². The second kappa shape index (κ2) is 8.16. The first kappa shape index (κ1) is 21.7. The Morgan fingerprint density at radius 1 is 1.00 bits per heavy atom. The summed E-state index contributed by atoms with van der Waals surface area (Å²) in [5.41, 5.74) is 1.05. The van der Waals surface area contributed by atoms with Crippen LogP contribution in [0.4, 0.5) is 0 Å². The third-order valence-corrected chi connectivity index (χ3v) is 7.11. The van der Waals surface area contributed by atoms with Crippen molar-refractivity contribution in [2.45, 2.75) is 52.4 Å². The number of rotatable bonds is 9. The van der Waals surface area contributed by atoms with Gasteiger partial charge in [0.05, 0.1) is 6.42 Å². The summed E-state index contributed by atoms with van der Waals surface area (Å²) >= 11 is 0. The number of aliphatic carboxylic acids is 1. The van der Waals surface area contributed by atoms with Crippen molar-refractivity contribution in [2.75, 3.05) is 12.3 Å². The predicted molar refractivity (Wildman–Crippen MR) is 112 cm³/mol. The summed E-state index contributed by atoms with van der Waals surface area (Å²) in [6.07, 6.45) is 1.24. The van der Waals surface area contributed by atoms with E-state index in [0.717, 1.165) is 6.42 Å². The van der Waals surface area contributed by atoms with Crippen LogP contribution >= 0.6 is 7.37 Å². The molecule has 0 aliphatic rings. The third-order valence-electron chi connectivity index (χ3n) is 5.26. The van der Waals surface area contributed by atoms with Gasteiger partial charge in [-0.25, -0.2) is 0 Å². The second-order valence-electron chi connectivity index (χ2n) is 8.97. The highest BCUT2D eigenvalue weighted by Crippen LogP contribution is 2.47. The van der Waals surface area contributed by atoms with Crippen molar-refractivity contribution in [3.63, 3.8) is 0 Å². The zero-order valence-corrected chi connectivity index (χ0v) is 17.6. The van der Waals surface area contributed by atoms with E-state index in [4.69, 9.17) is 5.11 Å². The molecule has 5 heteroatoms. The minimum Gasteiger partial charge on any atom is -0.481 e. The summed E-state index contributed by atoms with van der Waals surface area (Å²) < 4.78 is 12.2. The molecule has 0 heterocycles. The highest BCUT2D eigenvalue weighted by Gasteiger charge is 2.32. The van der Waals surface area contributed by atoms with Gasteiger partial charge in [-0.15, -0.1) is 0 Å². The van der Waals surface area contributed by atoms with Gasteiger partial charge in [-0.1, -0.05) is 70.2 Å². The lowest BCUT2D eigenvalue weighted by molar-refractivity contribution is -0.136. The van der Waals surface area contributed by atoms with Crippen LogP contribution in [0.2, 0.25) is 0 Å². The number of hydrogen-bond acceptors (Lipinski definition) is 2. The predicted octanol–water partition coefficient (Wildman–Crippen LogP) is 5.67. The summed E-state index contributed by atoms with van der Waals surface area (Å²) in [5.74, 6) is -1.03. The molecule has 0 spiro atoms. The van der Waals surface area contributed by atoms with Gasteiger partial charge in [-0.3, -0.25) is 9.36 Å². The molecule has 1 unspecified atom stereocenters. The number of carbonyl (C=O) groups is 1. The quantitative estimate of drug-likeness (QED) is 0.541. The van der Waals surface area contributed by atoms with Crippen LogP contribution in [-0.4, -0.2) is 28.3 Å². The van der Waals surface area contributed by atoms with Crippen molar-refractivity contribution in [3.8, 4) is 0 Å². The monoisotopic (exact) mass is 390 g/mol. The van der Waals surface area contributed by atoms with Gasteiger partial charge < -0.3 is 10.00 Å². The van der Waals surface area contributed by atoms with E-state index in [1.54, 1.807) is 0 Å². The van der Waals surface area contributed by atoms with E-state index in [2.05, 4.69) is 58.0 Å². The van der Waals surface area contributed by atoms with E-state index < -0.39 is 13.3 Å². The normalized spacial score (nSPS) is 14.9. The first-order chi connectivity index (χ1) is 12.4. The lowest BCUT2D eigenvalue weighted by Gasteiger charge is -2.36. The third kappa shape index (κ3) is 6.48. The fourth-order valence-corrected chi connectivity index (χ4v) is 5.58. The maximum atomic E-state index is 12.2. The fraction of sp³-hybridized carbons (Fsp3) is 0.500. The zero-order valence-electron chi connectivity index (χ0n) is 16.7. The molecule has 0 saturated heterocycles. The Bertz CT molecular complexity index is 854. The first-order valence-corrected chi connectivity index (χ1v) is 11.5. The molecule has 0 aromatic heterocycles. The first-order valence-electron chi connectivity index (χ1n) is 9.42. The molecule has 0 aliphatic carbocycles. The molecule has 2 aromatic rings. The van der Waals surface area contributed by atoms with E-state index >= 15 is 0 Å². The van der Waals surface area contributed by atoms with Crippen molar-refractivity contribution in [1.82, 2.24) is 0 Å². The van der Waals surface area contributed by atoms with E-state index in [-0.39, 0.29) is 29.6 Å². The van der Waals surface area contributed by atoms with Gasteiger partial charge >= 0.3 is 5.97 Å². The molecule has 0 aliphatic heterocycles. The van der Waals surface area contributed by atoms with Gasteiger partial charge in [0.1, 0.15) is 0 Å². The van der Waals surface area contributed by atoms with Crippen LogP contribution in [0.15, 0.2) is 42.5 Å². The summed E-state index contributed by atoms with van der Waals surface area (Å²) in [4.78, 5) is 20.7. The molecule has 2 aromatic carbocycles. The average Bonchev–Trinajstić information content (AvgIpc) is 2.57. The highest BCUT2D eigenvalue weighted by atomic mass is 31.2. The molecule has 2 rings (SSSR count). The largest absolute Gasteiger partial charge is 0.481 e. The molecule has 148 valence electrons. The molecular formula is C22H31O4P. The summed E-state index contributed by atoms with van der Waals surface area (Å²) in [7, 11) is -3.39. The molecule has 4 nitrogen and oxygen atoms in total. The molecule has 0 radical (unpaired) electrons. The van der Waals surface area contributed by atoms with E-state index in [9.17, 15) is 14.3 Å². The minimum absolute atomic E-state index is 0.0754. The smallest absolute Gasteiger partial charge is 0.303 e. The van der Waals surface area contributed by atoms with Crippen molar-refractivity contribution < 1.29 is 19.4 Å². The van der Waals surface area contributed by atoms with E-state index in [1.807, 2.05) is 12.1 Å². The number of benzene rings is 2. The minimum atomic E-state index is -3.39. The summed E-state index contributed by atoms with van der Waals surface area (Å²) in [6, 6.07) is 14.8. The zero-order chi connectivity index (χ0) is 20.3. The van der Waals surface area contributed by atoms with Crippen LogP contribution in [-0.2, 0) is 14.8 Å². The fourth-order valence-electron chi connectivity index (χ4n) is 3.86. The van der Waals surface area contributed by atoms with Gasteiger partial charge in [0.25, 0.3) is 0 Å². The molecule has 1 atom stereocenters. The number of carboxylic acids is 1. The van der Waals surface area contributed by atoms with Gasteiger partial charge in [0.2, 0.25) is 7.37 Å². The number of fused-ring (bicyclic) bond motifs is 1. The van der Waals surface area contributed by atoms with Crippen LogP contribution in [0.1, 0.15) is 52.5 Å². The van der Waals surface area contributed by atoms with E-state index in [0.29, 0.717) is 6.42 Å². The van der Waals surface area contributed by atoms with Crippen molar-refractivity contribution >= 4 is 24.1 Å². The van der Waals surface area contributed by atoms with Crippen molar-refractivity contribution in [1.29, 1.82) is 0 Å². The lowest BCUT2D eigenvalue weighted by atomic mass is 9.70. The average molecular weight is 390 g/mol. The summed E-state index contributed by atoms with van der Waals surface area (Å²) in [5, 5.41) is 11.2. The molecule has 0 bridgehead atoms. The van der Waals surface area contributed by atoms with Crippen LogP contribution in [0.3, 0.4) is 0 Å². The maximum absolute atomic E-state index is 12.2. The van der Waals surface area contributed by atoms with Crippen LogP contribution in [0, 0.1) is 5.41 Å². The Morgan fingerprint density at radius 2 is 1.63 bits per heavy atom. The number of hydrogen-bond donors (Lipinski definition) is 2. The molecule has 2 N–H and O–H groups in total. The van der Waals surface area contributed by atoms with Crippen LogP contribution in [0.25, 0.3) is 10.8 Å². The highest BCUT2D eigenvalue weighted by molar-refractivity contribution is 7.58. The SMILES string of the molecule is CC(C)(CCP(=O)(O)CCC(=O)O)CC(C)(C)c1ccc2ccccc2c1. The van der Waals surface area contributed by atoms with Crippen LogP contribution < -0.4 is 0 Å². The maximum Gasteiger partial charge on any atom is 0.303 e. The Hall–Kier alpha value is -1.64. The standard InChI is InChI=1S/C22H31O4P/c1-21(2,12-14-27(25,26)13-11-20(23)24)16-22(3,4)19-10-9-17-7-5-6-8-18(17)15-19/h5-10,15H,11-14,16H2,1-4H3,(H,23,24)(H,25,26). The Kier molecular flexibility index (Phi) is 6.55. The lowest BCUT2D eigenvalue weighted by Crippen LogP contribution is -2.27. The van der Waals surface area contributed by atoms with Gasteiger partial charge in [0, 0.05) is 12.3 Å². The molecule has 0 saturated carbocycles. The molecule has 0 amide bonds.